The van der Waals surface area contributed by atoms with E-state index in [0.717, 1.165) is 30.4 Å². The molecule has 2 N–H and O–H groups in total. The topological polar surface area (TPSA) is 95.9 Å². The summed E-state index contributed by atoms with van der Waals surface area (Å²) >= 11 is 0. The summed E-state index contributed by atoms with van der Waals surface area (Å²) in [6.45, 7) is 1.28. The highest BCUT2D eigenvalue weighted by molar-refractivity contribution is 5.84. The van der Waals surface area contributed by atoms with Crippen LogP contribution in [0.5, 0.6) is 5.75 Å². The zero-order valence-corrected chi connectivity index (χ0v) is 19.0. The molecule has 0 aromatic heterocycles. The Morgan fingerprint density at radius 3 is 2.30 bits per heavy atom. The maximum Gasteiger partial charge on any atom is 0.326 e. The zero-order chi connectivity index (χ0) is 23.6. The fourth-order valence-electron chi connectivity index (χ4n) is 4.15. The Morgan fingerprint density at radius 1 is 1.03 bits per heavy atom. The van der Waals surface area contributed by atoms with E-state index in [0.29, 0.717) is 25.3 Å². The molecule has 1 aliphatic heterocycles. The van der Waals surface area contributed by atoms with Crippen molar-refractivity contribution in [3.05, 3.63) is 65.7 Å². The number of rotatable bonds is 10. The van der Waals surface area contributed by atoms with Gasteiger partial charge in [-0.3, -0.25) is 9.59 Å². The molecule has 1 atom stereocenters. The minimum Gasteiger partial charge on any atom is -0.497 e. The van der Waals surface area contributed by atoms with Crippen LogP contribution in [-0.2, 0) is 27.2 Å². The van der Waals surface area contributed by atoms with Crippen molar-refractivity contribution >= 4 is 17.8 Å². The van der Waals surface area contributed by atoms with Crippen molar-refractivity contribution in [2.45, 2.75) is 44.6 Å². The quantitative estimate of drug-likeness (QED) is 0.578. The van der Waals surface area contributed by atoms with Gasteiger partial charge in [0.15, 0.2) is 0 Å². The van der Waals surface area contributed by atoms with Crippen LogP contribution in [0.2, 0.25) is 0 Å². The fourth-order valence-corrected chi connectivity index (χ4v) is 4.15. The van der Waals surface area contributed by atoms with Gasteiger partial charge < -0.3 is 20.1 Å². The van der Waals surface area contributed by atoms with Gasteiger partial charge in [-0.2, -0.15) is 0 Å². The third-order valence-corrected chi connectivity index (χ3v) is 6.14. The molecule has 2 aromatic rings. The van der Waals surface area contributed by atoms with Crippen molar-refractivity contribution < 1.29 is 24.2 Å². The van der Waals surface area contributed by atoms with E-state index in [1.807, 2.05) is 35.2 Å². The van der Waals surface area contributed by atoms with E-state index in [9.17, 15) is 19.5 Å². The normalized spacial score (nSPS) is 15.0. The zero-order valence-electron chi connectivity index (χ0n) is 19.0. The number of ether oxygens (including phenoxy) is 1. The van der Waals surface area contributed by atoms with Gasteiger partial charge in [-0.15, -0.1) is 0 Å². The lowest BCUT2D eigenvalue weighted by atomic mass is 9.92. The van der Waals surface area contributed by atoms with Gasteiger partial charge in [0.25, 0.3) is 0 Å². The SMILES string of the molecule is COc1ccc(C[C@H](NC(=O)CC2CCN(C(=O)CCc3ccccc3)CC2)C(=O)O)cc1. The summed E-state index contributed by atoms with van der Waals surface area (Å²) in [5, 5.41) is 12.2. The molecule has 33 heavy (non-hydrogen) atoms. The van der Waals surface area contributed by atoms with Gasteiger partial charge >= 0.3 is 5.97 Å². The number of piperidine rings is 1. The monoisotopic (exact) mass is 452 g/mol. The molecule has 1 aliphatic rings. The first-order valence-corrected chi connectivity index (χ1v) is 11.4. The van der Waals surface area contributed by atoms with Crippen molar-refractivity contribution in [1.29, 1.82) is 0 Å². The number of carbonyl (C=O) groups excluding carboxylic acids is 2. The average molecular weight is 453 g/mol. The Hall–Kier alpha value is -3.35. The number of aryl methyl sites for hydroxylation is 1. The molecule has 0 saturated carbocycles. The molecule has 3 rings (SSSR count). The second-order valence-corrected chi connectivity index (χ2v) is 8.52. The van der Waals surface area contributed by atoms with Crippen LogP contribution >= 0.6 is 0 Å². The Bertz CT molecular complexity index is 921. The number of benzene rings is 2. The first kappa shape index (κ1) is 24.3. The third kappa shape index (κ3) is 7.63. The first-order valence-electron chi connectivity index (χ1n) is 11.4. The minimum absolute atomic E-state index is 0.146. The number of amides is 2. The van der Waals surface area contributed by atoms with Crippen LogP contribution in [0, 0.1) is 5.92 Å². The van der Waals surface area contributed by atoms with E-state index in [2.05, 4.69) is 5.32 Å². The predicted molar refractivity (Wildman–Crippen MR) is 125 cm³/mol. The Kier molecular flexibility index (Phi) is 8.87. The van der Waals surface area contributed by atoms with Gasteiger partial charge in [0.05, 0.1) is 7.11 Å². The molecule has 0 bridgehead atoms. The van der Waals surface area contributed by atoms with Gasteiger partial charge in [-0.1, -0.05) is 42.5 Å². The molecule has 7 heteroatoms. The van der Waals surface area contributed by atoms with Gasteiger partial charge in [-0.25, -0.2) is 4.79 Å². The maximum absolute atomic E-state index is 12.5. The highest BCUT2D eigenvalue weighted by Gasteiger charge is 2.26. The Balaban J connectivity index is 1.41. The lowest BCUT2D eigenvalue weighted by molar-refractivity contribution is -0.142. The van der Waals surface area contributed by atoms with Crippen molar-refractivity contribution in [1.82, 2.24) is 10.2 Å². The lowest BCUT2D eigenvalue weighted by Crippen LogP contribution is -2.44. The molecule has 1 fully saturated rings. The summed E-state index contributed by atoms with van der Waals surface area (Å²) in [6.07, 6.45) is 3.20. The van der Waals surface area contributed by atoms with E-state index in [4.69, 9.17) is 4.74 Å². The van der Waals surface area contributed by atoms with Gasteiger partial charge in [0.1, 0.15) is 11.8 Å². The van der Waals surface area contributed by atoms with Crippen LogP contribution < -0.4 is 10.1 Å². The summed E-state index contributed by atoms with van der Waals surface area (Å²) in [7, 11) is 1.57. The number of carboxylic acids is 1. The van der Waals surface area contributed by atoms with Crippen molar-refractivity contribution in [3.8, 4) is 5.75 Å². The average Bonchev–Trinajstić information content (AvgIpc) is 2.83. The number of hydrogen-bond donors (Lipinski definition) is 2. The van der Waals surface area contributed by atoms with E-state index in [1.165, 1.54) is 0 Å². The van der Waals surface area contributed by atoms with Crippen LogP contribution in [0.15, 0.2) is 54.6 Å². The molecule has 176 valence electrons. The summed E-state index contributed by atoms with van der Waals surface area (Å²) in [6, 6.07) is 16.1. The molecule has 2 aromatic carbocycles. The van der Waals surface area contributed by atoms with E-state index >= 15 is 0 Å². The fraction of sp³-hybridized carbons (Fsp3) is 0.423. The van der Waals surface area contributed by atoms with Gasteiger partial charge in [0.2, 0.25) is 11.8 Å². The van der Waals surface area contributed by atoms with E-state index < -0.39 is 12.0 Å². The number of nitrogens with zero attached hydrogens (tertiary/aromatic N) is 1. The second-order valence-electron chi connectivity index (χ2n) is 8.52. The summed E-state index contributed by atoms with van der Waals surface area (Å²) in [4.78, 5) is 38.6. The molecule has 0 aliphatic carbocycles. The van der Waals surface area contributed by atoms with Crippen LogP contribution in [-0.4, -0.2) is 54.0 Å². The molecular weight excluding hydrogens is 420 g/mol. The number of methoxy groups -OCH3 is 1. The van der Waals surface area contributed by atoms with E-state index in [1.54, 1.807) is 31.4 Å². The molecule has 7 nitrogen and oxygen atoms in total. The molecule has 2 amide bonds. The first-order chi connectivity index (χ1) is 15.9. The van der Waals surface area contributed by atoms with E-state index in [-0.39, 0.29) is 30.6 Å². The Morgan fingerprint density at radius 2 is 1.70 bits per heavy atom. The smallest absolute Gasteiger partial charge is 0.326 e. The summed E-state index contributed by atoms with van der Waals surface area (Å²) < 4.78 is 5.12. The van der Waals surface area contributed by atoms with Crippen molar-refractivity contribution in [3.63, 3.8) is 0 Å². The van der Waals surface area contributed by atoms with Crippen molar-refractivity contribution in [2.24, 2.45) is 5.92 Å². The van der Waals surface area contributed by atoms with Crippen LogP contribution in [0.1, 0.15) is 36.8 Å². The van der Waals surface area contributed by atoms with Gasteiger partial charge in [0, 0.05) is 32.4 Å². The number of carboxylic acid groups (broad SMARTS) is 1. The standard InChI is InChI=1S/C26H32N2O5/c1-33-22-10-7-20(8-11-22)17-23(26(31)32)27-24(29)18-21-13-15-28(16-14-21)25(30)12-9-19-5-3-2-4-6-19/h2-8,10-11,21,23H,9,12-18H2,1H3,(H,27,29)(H,31,32)/t23-/m0/s1. The molecule has 1 saturated heterocycles. The number of aliphatic carboxylic acids is 1. The molecule has 0 unspecified atom stereocenters. The number of nitrogens with one attached hydrogen (secondary N) is 1. The third-order valence-electron chi connectivity index (χ3n) is 6.14. The molecule has 0 spiro atoms. The van der Waals surface area contributed by atoms with Crippen LogP contribution in [0.3, 0.4) is 0 Å². The molecule has 1 heterocycles. The number of hydrogen-bond acceptors (Lipinski definition) is 4. The largest absolute Gasteiger partial charge is 0.497 e. The van der Waals surface area contributed by atoms with Crippen LogP contribution in [0.25, 0.3) is 0 Å². The Labute approximate surface area is 194 Å². The number of carbonyl (C=O) groups is 3. The van der Waals surface area contributed by atoms with Crippen LogP contribution in [0.4, 0.5) is 0 Å². The van der Waals surface area contributed by atoms with Crippen molar-refractivity contribution in [2.75, 3.05) is 20.2 Å². The maximum atomic E-state index is 12.5. The highest BCUT2D eigenvalue weighted by Crippen LogP contribution is 2.21. The highest BCUT2D eigenvalue weighted by atomic mass is 16.5. The summed E-state index contributed by atoms with van der Waals surface area (Å²) in [5.41, 5.74) is 1.96. The predicted octanol–water partition coefficient (Wildman–Crippen LogP) is 3.07. The number of likely N-dealkylation sites (tertiary alicyclic amines) is 1. The molecule has 0 radical (unpaired) electrons. The minimum atomic E-state index is -1.06. The molecular formula is C26H32N2O5. The summed E-state index contributed by atoms with van der Waals surface area (Å²) in [5.74, 6) is -0.326. The second kappa shape index (κ2) is 12.0. The van der Waals surface area contributed by atoms with Gasteiger partial charge in [-0.05, 0) is 48.4 Å². The lowest BCUT2D eigenvalue weighted by Gasteiger charge is -2.32.